The van der Waals surface area contributed by atoms with Gasteiger partial charge in [-0.05, 0) is 38.4 Å². The normalized spacial score (nSPS) is 19.2. The summed E-state index contributed by atoms with van der Waals surface area (Å²) in [4.78, 5) is 29.2. The molecule has 1 aliphatic heterocycles. The number of hydrogen-bond donors (Lipinski definition) is 2. The van der Waals surface area contributed by atoms with Crippen LogP contribution in [-0.4, -0.2) is 46.5 Å². The standard InChI is InChI=1S/C15H21N3O3/c1-11-4-2-6-13(16-11)17-15(21)12-5-3-8-18(10-12)9-7-14(19)20/h2,4,6,12H,3,5,7-10H2,1H3,(H,19,20)(H,16,17,21). The summed E-state index contributed by atoms with van der Waals surface area (Å²) in [5, 5.41) is 11.6. The molecule has 0 spiro atoms. The highest BCUT2D eigenvalue weighted by molar-refractivity contribution is 5.91. The Hall–Kier alpha value is -1.95. The Balaban J connectivity index is 1.88. The number of rotatable bonds is 5. The maximum Gasteiger partial charge on any atom is 0.304 e. The molecule has 21 heavy (non-hydrogen) atoms. The summed E-state index contributed by atoms with van der Waals surface area (Å²) in [6, 6.07) is 5.51. The van der Waals surface area contributed by atoms with Crippen molar-refractivity contribution < 1.29 is 14.7 Å². The number of pyridine rings is 1. The van der Waals surface area contributed by atoms with E-state index in [-0.39, 0.29) is 18.2 Å². The zero-order chi connectivity index (χ0) is 15.2. The molecule has 0 aromatic carbocycles. The predicted octanol–water partition coefficient (Wildman–Crippen LogP) is 1.52. The number of amides is 1. The van der Waals surface area contributed by atoms with Crippen molar-refractivity contribution in [3.63, 3.8) is 0 Å². The molecule has 0 radical (unpaired) electrons. The number of nitrogens with zero attached hydrogens (tertiary/aromatic N) is 2. The molecular formula is C15H21N3O3. The Morgan fingerprint density at radius 1 is 1.48 bits per heavy atom. The average molecular weight is 291 g/mol. The molecule has 6 nitrogen and oxygen atoms in total. The molecule has 0 bridgehead atoms. The van der Waals surface area contributed by atoms with E-state index in [0.717, 1.165) is 25.1 Å². The molecule has 1 fully saturated rings. The third-order valence-electron chi connectivity index (χ3n) is 3.66. The number of piperidine rings is 1. The fourth-order valence-corrected chi connectivity index (χ4v) is 2.57. The number of carboxylic acids is 1. The highest BCUT2D eigenvalue weighted by Gasteiger charge is 2.26. The van der Waals surface area contributed by atoms with Crippen LogP contribution in [0.2, 0.25) is 0 Å². The van der Waals surface area contributed by atoms with E-state index in [0.29, 0.717) is 18.9 Å². The molecule has 1 amide bonds. The van der Waals surface area contributed by atoms with Crippen LogP contribution < -0.4 is 5.32 Å². The summed E-state index contributed by atoms with van der Waals surface area (Å²) >= 11 is 0. The second-order valence-electron chi connectivity index (χ2n) is 5.44. The zero-order valence-electron chi connectivity index (χ0n) is 12.2. The topological polar surface area (TPSA) is 82.5 Å². The maximum absolute atomic E-state index is 12.3. The van der Waals surface area contributed by atoms with E-state index in [4.69, 9.17) is 5.11 Å². The minimum atomic E-state index is -0.800. The second kappa shape index (κ2) is 7.17. The summed E-state index contributed by atoms with van der Waals surface area (Å²) < 4.78 is 0. The van der Waals surface area contributed by atoms with Crippen LogP contribution in [0.25, 0.3) is 0 Å². The summed E-state index contributed by atoms with van der Waals surface area (Å²) in [5.74, 6) is -0.365. The Morgan fingerprint density at radius 3 is 3.00 bits per heavy atom. The second-order valence-corrected chi connectivity index (χ2v) is 5.44. The number of aromatic nitrogens is 1. The zero-order valence-corrected chi connectivity index (χ0v) is 12.2. The third-order valence-corrected chi connectivity index (χ3v) is 3.66. The molecule has 1 aromatic heterocycles. The van der Waals surface area contributed by atoms with Crippen LogP contribution in [0.3, 0.4) is 0 Å². The predicted molar refractivity (Wildman–Crippen MR) is 79.0 cm³/mol. The van der Waals surface area contributed by atoms with Crippen molar-refractivity contribution in [1.82, 2.24) is 9.88 Å². The lowest BCUT2D eigenvalue weighted by Crippen LogP contribution is -2.41. The van der Waals surface area contributed by atoms with Gasteiger partial charge in [0.2, 0.25) is 5.91 Å². The van der Waals surface area contributed by atoms with Crippen LogP contribution in [-0.2, 0) is 9.59 Å². The minimum absolute atomic E-state index is 0.0341. The molecule has 2 N–H and O–H groups in total. The first-order chi connectivity index (χ1) is 10.0. The Bertz CT molecular complexity index is 519. The number of anilines is 1. The number of aliphatic carboxylic acids is 1. The van der Waals surface area contributed by atoms with Crippen LogP contribution >= 0.6 is 0 Å². The van der Waals surface area contributed by atoms with Crippen molar-refractivity contribution in [3.8, 4) is 0 Å². The van der Waals surface area contributed by atoms with Crippen LogP contribution in [0.15, 0.2) is 18.2 Å². The number of likely N-dealkylation sites (tertiary alicyclic amines) is 1. The molecule has 1 atom stereocenters. The van der Waals surface area contributed by atoms with Crippen LogP contribution in [0.4, 0.5) is 5.82 Å². The lowest BCUT2D eigenvalue weighted by Gasteiger charge is -2.31. The van der Waals surface area contributed by atoms with Gasteiger partial charge in [0.1, 0.15) is 5.82 Å². The van der Waals surface area contributed by atoms with E-state index in [1.165, 1.54) is 0 Å². The fraction of sp³-hybridized carbons (Fsp3) is 0.533. The molecule has 6 heteroatoms. The highest BCUT2D eigenvalue weighted by Crippen LogP contribution is 2.18. The Kier molecular flexibility index (Phi) is 5.27. The third kappa shape index (κ3) is 4.82. The van der Waals surface area contributed by atoms with Gasteiger partial charge in [-0.25, -0.2) is 4.98 Å². The van der Waals surface area contributed by atoms with Gasteiger partial charge in [0, 0.05) is 18.8 Å². The van der Waals surface area contributed by atoms with Gasteiger partial charge in [-0.3, -0.25) is 9.59 Å². The summed E-state index contributed by atoms with van der Waals surface area (Å²) in [6.45, 7) is 3.86. The smallest absolute Gasteiger partial charge is 0.304 e. The average Bonchev–Trinajstić information content (AvgIpc) is 2.45. The lowest BCUT2D eigenvalue weighted by molar-refractivity contribution is -0.137. The number of carbonyl (C=O) groups excluding carboxylic acids is 1. The molecule has 2 heterocycles. The number of hydrogen-bond acceptors (Lipinski definition) is 4. The van der Waals surface area contributed by atoms with Crippen molar-refractivity contribution in [3.05, 3.63) is 23.9 Å². The van der Waals surface area contributed by atoms with Gasteiger partial charge in [0.15, 0.2) is 0 Å². The number of carboxylic acid groups (broad SMARTS) is 1. The van der Waals surface area contributed by atoms with Gasteiger partial charge in [0.05, 0.1) is 12.3 Å². The number of carbonyl (C=O) groups is 2. The van der Waals surface area contributed by atoms with Crippen LogP contribution in [0.1, 0.15) is 25.0 Å². The van der Waals surface area contributed by atoms with E-state index >= 15 is 0 Å². The molecule has 1 aromatic rings. The summed E-state index contributed by atoms with van der Waals surface area (Å²) in [5.41, 5.74) is 0.861. The van der Waals surface area contributed by atoms with E-state index in [9.17, 15) is 9.59 Å². The van der Waals surface area contributed by atoms with E-state index in [1.807, 2.05) is 24.0 Å². The molecule has 2 rings (SSSR count). The molecular weight excluding hydrogens is 270 g/mol. The summed E-state index contributed by atoms with van der Waals surface area (Å²) in [7, 11) is 0. The Labute approximate surface area is 124 Å². The minimum Gasteiger partial charge on any atom is -0.481 e. The van der Waals surface area contributed by atoms with Gasteiger partial charge in [-0.2, -0.15) is 0 Å². The van der Waals surface area contributed by atoms with Gasteiger partial charge in [0.25, 0.3) is 0 Å². The number of nitrogens with one attached hydrogen (secondary N) is 1. The maximum atomic E-state index is 12.3. The summed E-state index contributed by atoms with van der Waals surface area (Å²) in [6.07, 6.45) is 1.87. The quantitative estimate of drug-likeness (QED) is 0.859. The highest BCUT2D eigenvalue weighted by atomic mass is 16.4. The van der Waals surface area contributed by atoms with Gasteiger partial charge >= 0.3 is 5.97 Å². The van der Waals surface area contributed by atoms with Crippen molar-refractivity contribution in [2.75, 3.05) is 25.0 Å². The molecule has 0 aliphatic carbocycles. The lowest BCUT2D eigenvalue weighted by atomic mass is 9.97. The first-order valence-corrected chi connectivity index (χ1v) is 7.23. The molecule has 114 valence electrons. The van der Waals surface area contributed by atoms with Crippen molar-refractivity contribution in [1.29, 1.82) is 0 Å². The van der Waals surface area contributed by atoms with Gasteiger partial charge in [-0.15, -0.1) is 0 Å². The van der Waals surface area contributed by atoms with E-state index in [1.54, 1.807) is 6.07 Å². The van der Waals surface area contributed by atoms with Crippen molar-refractivity contribution in [2.45, 2.75) is 26.2 Å². The van der Waals surface area contributed by atoms with Crippen LogP contribution in [0, 0.1) is 12.8 Å². The molecule has 0 saturated carbocycles. The van der Waals surface area contributed by atoms with E-state index in [2.05, 4.69) is 10.3 Å². The van der Waals surface area contributed by atoms with Gasteiger partial charge < -0.3 is 15.3 Å². The van der Waals surface area contributed by atoms with Gasteiger partial charge in [-0.1, -0.05) is 6.07 Å². The van der Waals surface area contributed by atoms with Crippen LogP contribution in [0.5, 0.6) is 0 Å². The number of aryl methyl sites for hydroxylation is 1. The van der Waals surface area contributed by atoms with Crippen molar-refractivity contribution >= 4 is 17.7 Å². The first-order valence-electron chi connectivity index (χ1n) is 7.23. The fourth-order valence-electron chi connectivity index (χ4n) is 2.57. The first kappa shape index (κ1) is 15.4. The molecule has 1 unspecified atom stereocenters. The molecule has 1 saturated heterocycles. The Morgan fingerprint density at radius 2 is 2.29 bits per heavy atom. The SMILES string of the molecule is Cc1cccc(NC(=O)C2CCCN(CCC(=O)O)C2)n1. The largest absolute Gasteiger partial charge is 0.481 e. The molecule has 1 aliphatic rings. The van der Waals surface area contributed by atoms with E-state index < -0.39 is 5.97 Å². The van der Waals surface area contributed by atoms with Crippen molar-refractivity contribution in [2.24, 2.45) is 5.92 Å². The monoisotopic (exact) mass is 291 g/mol.